The highest BCUT2D eigenvalue weighted by Crippen LogP contribution is 2.47. The van der Waals surface area contributed by atoms with Crippen molar-refractivity contribution in [2.75, 3.05) is 30.1 Å². The van der Waals surface area contributed by atoms with Crippen LogP contribution in [0.15, 0.2) is 52.3 Å². The topological polar surface area (TPSA) is 110 Å². The number of aliphatic carboxylic acids is 1. The zero-order chi connectivity index (χ0) is 24.9. The largest absolute Gasteiger partial charge is 0.490 e. The van der Waals surface area contributed by atoms with E-state index in [1.54, 1.807) is 6.07 Å². The van der Waals surface area contributed by atoms with Gasteiger partial charge in [0.25, 0.3) is 0 Å². The summed E-state index contributed by atoms with van der Waals surface area (Å²) < 4.78 is 33.3. The van der Waals surface area contributed by atoms with Gasteiger partial charge in [0, 0.05) is 23.7 Å². The number of fused-ring (bicyclic) bond motifs is 1. The normalized spacial score (nSPS) is 20.3. The summed E-state index contributed by atoms with van der Waals surface area (Å²) in [7, 11) is -3.65. The number of carbonyl (C=O) groups is 1. The van der Waals surface area contributed by atoms with E-state index in [1.165, 1.54) is 11.8 Å². The molecule has 0 bridgehead atoms. The van der Waals surface area contributed by atoms with Crippen molar-refractivity contribution in [2.45, 2.75) is 55.4 Å². The lowest BCUT2D eigenvalue weighted by Crippen LogP contribution is -2.37. The molecule has 0 radical (unpaired) electrons. The Labute approximate surface area is 206 Å². The molecule has 0 fully saturated rings. The van der Waals surface area contributed by atoms with Crippen LogP contribution in [0.1, 0.15) is 39.5 Å². The average Bonchev–Trinajstić information content (AvgIpc) is 2.93. The van der Waals surface area contributed by atoms with Crippen LogP contribution in [0.5, 0.6) is 5.75 Å². The Bertz CT molecular complexity index is 1110. The molecule has 3 rings (SSSR count). The highest BCUT2D eigenvalue weighted by Gasteiger charge is 2.42. The van der Waals surface area contributed by atoms with Crippen LogP contribution in [0.3, 0.4) is 0 Å². The van der Waals surface area contributed by atoms with Gasteiger partial charge >= 0.3 is 5.97 Å². The van der Waals surface area contributed by atoms with Crippen LogP contribution >= 0.6 is 11.8 Å². The minimum atomic E-state index is -3.65. The van der Waals surface area contributed by atoms with Crippen LogP contribution in [-0.2, 0) is 14.6 Å². The summed E-state index contributed by atoms with van der Waals surface area (Å²) in [5.41, 5.74) is 6.78. The second-order valence-corrected chi connectivity index (χ2v) is 11.7. The quantitative estimate of drug-likeness (QED) is 0.446. The summed E-state index contributed by atoms with van der Waals surface area (Å²) in [6.45, 7) is 4.53. The van der Waals surface area contributed by atoms with E-state index in [0.29, 0.717) is 18.0 Å². The number of sulfone groups is 1. The first-order chi connectivity index (χ1) is 16.2. The van der Waals surface area contributed by atoms with Gasteiger partial charge < -0.3 is 20.5 Å². The van der Waals surface area contributed by atoms with Crippen molar-refractivity contribution in [2.24, 2.45) is 11.1 Å². The Kier molecular flexibility index (Phi) is 8.54. The number of para-hydroxylation sites is 1. The maximum atomic E-state index is 13.8. The molecular formula is C25H34N2O5S2. The van der Waals surface area contributed by atoms with E-state index in [2.05, 4.69) is 18.7 Å². The van der Waals surface area contributed by atoms with Gasteiger partial charge in [0.2, 0.25) is 0 Å². The molecule has 0 aliphatic carbocycles. The van der Waals surface area contributed by atoms with Gasteiger partial charge in [-0.3, -0.25) is 4.79 Å². The molecule has 0 amide bonds. The summed E-state index contributed by atoms with van der Waals surface area (Å²) in [6.07, 6.45) is 5.40. The Balaban J connectivity index is 2.18. The minimum absolute atomic E-state index is 0.0551. The third-order valence-corrected chi connectivity index (χ3v) is 9.22. The lowest BCUT2D eigenvalue weighted by Gasteiger charge is -2.36. The fourth-order valence-electron chi connectivity index (χ4n) is 4.39. The SMILES string of the molecule is CCCC[C@@]1(CC)CN(c2ccccc2)c2cc(SC)c(OCC(N)C(=O)O)cc2S(=O)(=O)C1. The minimum Gasteiger partial charge on any atom is -0.490 e. The van der Waals surface area contributed by atoms with Gasteiger partial charge in [-0.15, -0.1) is 11.8 Å². The Hall–Kier alpha value is -2.23. The number of hydrogen-bond donors (Lipinski definition) is 2. The molecule has 2 atom stereocenters. The third kappa shape index (κ3) is 5.70. The number of anilines is 2. The Morgan fingerprint density at radius 3 is 2.56 bits per heavy atom. The number of carboxylic acids is 1. The molecule has 186 valence electrons. The Morgan fingerprint density at radius 1 is 1.26 bits per heavy atom. The van der Waals surface area contributed by atoms with E-state index in [1.807, 2.05) is 42.7 Å². The standard InChI is InChI=1S/C25H34N2O5S2/c1-4-6-12-25(5-2)16-27(18-10-8-7-9-11-18)20-13-22(33-3)21(32-15-19(26)24(28)29)14-23(20)34(30,31)17-25/h7-11,13-14,19H,4-6,12,15-17,26H2,1-3H3,(H,28,29)/t19?,25-/m0/s1. The van der Waals surface area contributed by atoms with E-state index < -0.39 is 27.3 Å². The van der Waals surface area contributed by atoms with Crippen molar-refractivity contribution in [3.8, 4) is 5.75 Å². The first-order valence-corrected chi connectivity index (χ1v) is 14.4. The number of hydrogen-bond acceptors (Lipinski definition) is 7. The monoisotopic (exact) mass is 506 g/mol. The van der Waals surface area contributed by atoms with Gasteiger partial charge in [0.15, 0.2) is 9.84 Å². The number of nitrogens with zero attached hydrogens (tertiary/aromatic N) is 1. The first-order valence-electron chi connectivity index (χ1n) is 11.5. The molecule has 1 aliphatic heterocycles. The van der Waals surface area contributed by atoms with E-state index in [9.17, 15) is 13.2 Å². The first kappa shape index (κ1) is 26.4. The van der Waals surface area contributed by atoms with Gasteiger partial charge in [0.05, 0.1) is 21.2 Å². The maximum absolute atomic E-state index is 13.8. The molecule has 2 aromatic carbocycles. The van der Waals surface area contributed by atoms with Crippen molar-refractivity contribution < 1.29 is 23.1 Å². The molecule has 1 heterocycles. The second kappa shape index (κ2) is 11.0. The number of unbranched alkanes of at least 4 members (excludes halogenated alkanes) is 1. The van der Waals surface area contributed by atoms with Crippen molar-refractivity contribution in [3.05, 3.63) is 42.5 Å². The second-order valence-electron chi connectivity index (χ2n) is 8.86. The molecule has 7 nitrogen and oxygen atoms in total. The number of benzene rings is 2. The molecule has 3 N–H and O–H groups in total. The van der Waals surface area contributed by atoms with Gasteiger partial charge in [-0.2, -0.15) is 0 Å². The molecule has 34 heavy (non-hydrogen) atoms. The molecule has 1 unspecified atom stereocenters. The lowest BCUT2D eigenvalue weighted by molar-refractivity contribution is -0.139. The van der Waals surface area contributed by atoms with Gasteiger partial charge in [-0.25, -0.2) is 8.42 Å². The van der Waals surface area contributed by atoms with E-state index in [-0.39, 0.29) is 17.3 Å². The zero-order valence-corrected chi connectivity index (χ0v) is 21.6. The number of ether oxygens (including phenoxy) is 1. The molecule has 0 saturated carbocycles. The molecule has 1 aliphatic rings. The van der Waals surface area contributed by atoms with E-state index in [0.717, 1.165) is 36.3 Å². The number of nitrogens with two attached hydrogens (primary N) is 1. The lowest BCUT2D eigenvalue weighted by atomic mass is 9.81. The van der Waals surface area contributed by atoms with Gasteiger partial charge in [0.1, 0.15) is 18.4 Å². The fourth-order valence-corrected chi connectivity index (χ4v) is 7.12. The van der Waals surface area contributed by atoms with Crippen molar-refractivity contribution >= 4 is 38.9 Å². The summed E-state index contributed by atoms with van der Waals surface area (Å²) in [5.74, 6) is -0.788. The van der Waals surface area contributed by atoms with E-state index >= 15 is 0 Å². The molecule has 0 spiro atoms. The average molecular weight is 507 g/mol. The van der Waals surface area contributed by atoms with Crippen LogP contribution in [0, 0.1) is 5.41 Å². The van der Waals surface area contributed by atoms with E-state index in [4.69, 9.17) is 15.6 Å². The van der Waals surface area contributed by atoms with Gasteiger partial charge in [-0.05, 0) is 37.3 Å². The van der Waals surface area contributed by atoms with Crippen molar-refractivity contribution in [1.29, 1.82) is 0 Å². The van der Waals surface area contributed by atoms with Crippen molar-refractivity contribution in [3.63, 3.8) is 0 Å². The highest BCUT2D eigenvalue weighted by molar-refractivity contribution is 7.98. The third-order valence-electron chi connectivity index (χ3n) is 6.47. The summed E-state index contributed by atoms with van der Waals surface area (Å²) in [5, 5.41) is 9.10. The number of carboxylic acid groups (broad SMARTS) is 1. The van der Waals surface area contributed by atoms with Crippen molar-refractivity contribution in [1.82, 2.24) is 0 Å². The summed E-state index contributed by atoms with van der Waals surface area (Å²) >= 11 is 1.42. The van der Waals surface area contributed by atoms with Crippen LogP contribution in [0.25, 0.3) is 0 Å². The maximum Gasteiger partial charge on any atom is 0.324 e. The van der Waals surface area contributed by atoms with Crippen LogP contribution in [0.2, 0.25) is 0 Å². The van der Waals surface area contributed by atoms with Crippen LogP contribution in [-0.4, -0.2) is 50.7 Å². The molecule has 0 aromatic heterocycles. The molecule has 9 heteroatoms. The fraction of sp³-hybridized carbons (Fsp3) is 0.480. The predicted octanol–water partition coefficient (Wildman–Crippen LogP) is 4.71. The molecule has 2 aromatic rings. The molecular weight excluding hydrogens is 472 g/mol. The smallest absolute Gasteiger partial charge is 0.324 e. The Morgan fingerprint density at radius 2 is 1.97 bits per heavy atom. The number of thioether (sulfide) groups is 1. The summed E-state index contributed by atoms with van der Waals surface area (Å²) in [6, 6.07) is 12.0. The molecule has 0 saturated heterocycles. The van der Waals surface area contributed by atoms with Crippen LogP contribution in [0.4, 0.5) is 11.4 Å². The van der Waals surface area contributed by atoms with Crippen LogP contribution < -0.4 is 15.4 Å². The van der Waals surface area contributed by atoms with Gasteiger partial charge in [-0.1, -0.05) is 44.9 Å². The highest BCUT2D eigenvalue weighted by atomic mass is 32.2. The number of rotatable bonds is 10. The summed E-state index contributed by atoms with van der Waals surface area (Å²) in [4.78, 5) is 14.2. The zero-order valence-electron chi connectivity index (χ0n) is 20.0. The predicted molar refractivity (Wildman–Crippen MR) is 137 cm³/mol.